The fourth-order valence-electron chi connectivity index (χ4n) is 5.84. The number of nitro groups is 1. The van der Waals surface area contributed by atoms with Crippen molar-refractivity contribution in [3.8, 4) is 0 Å². The molecule has 2 aliphatic rings. The predicted octanol–water partition coefficient (Wildman–Crippen LogP) is 5.12. The zero-order valence-corrected chi connectivity index (χ0v) is 24.2. The quantitative estimate of drug-likeness (QED) is 0.278. The lowest BCUT2D eigenvalue weighted by Gasteiger charge is -2.41. The molecule has 1 N–H and O–H groups in total. The maximum absolute atomic E-state index is 13.9. The second-order valence-electron chi connectivity index (χ2n) is 10.5. The molecule has 3 unspecified atom stereocenters. The van der Waals surface area contributed by atoms with Crippen molar-refractivity contribution < 1.29 is 24.0 Å². The van der Waals surface area contributed by atoms with E-state index in [0.717, 1.165) is 19.6 Å². The van der Waals surface area contributed by atoms with Crippen LogP contribution in [-0.2, 0) is 25.6 Å². The average Bonchev–Trinajstić information content (AvgIpc) is 2.90. The van der Waals surface area contributed by atoms with E-state index in [2.05, 4.69) is 36.2 Å². The lowest BCUT2D eigenvalue weighted by atomic mass is 9.80. The molecular weight excluding hydrogens is 534 g/mol. The molecule has 1 fully saturated rings. The van der Waals surface area contributed by atoms with E-state index in [1.54, 1.807) is 26.0 Å². The number of likely N-dealkylation sites (tertiary alicyclic amines) is 1. The molecule has 1 saturated heterocycles. The van der Waals surface area contributed by atoms with Crippen LogP contribution in [0.5, 0.6) is 0 Å². The van der Waals surface area contributed by atoms with Crippen molar-refractivity contribution in [3.05, 3.63) is 98.4 Å². The van der Waals surface area contributed by atoms with Gasteiger partial charge in [0, 0.05) is 55.0 Å². The normalized spacial score (nSPS) is 23.1. The Kier molecular flexibility index (Phi) is 10.1. The number of dihydropyridines is 1. The lowest BCUT2D eigenvalue weighted by Crippen LogP contribution is -2.49. The van der Waals surface area contributed by atoms with Gasteiger partial charge in [-0.05, 0) is 25.0 Å². The van der Waals surface area contributed by atoms with Gasteiger partial charge in [0.15, 0.2) is 0 Å². The minimum absolute atomic E-state index is 0. The number of piperidine rings is 1. The van der Waals surface area contributed by atoms with Crippen LogP contribution in [0.4, 0.5) is 5.69 Å². The number of benzene rings is 2. The van der Waals surface area contributed by atoms with Crippen LogP contribution >= 0.6 is 12.4 Å². The number of hydrogen-bond acceptors (Lipinski definition) is 8. The minimum atomic E-state index is -0.880. The highest BCUT2D eigenvalue weighted by Gasteiger charge is 2.41. The molecule has 2 aromatic rings. The number of halogens is 1. The van der Waals surface area contributed by atoms with Crippen LogP contribution in [0.1, 0.15) is 44.7 Å². The summed E-state index contributed by atoms with van der Waals surface area (Å²) in [7, 11) is 1.27. The first kappa shape index (κ1) is 30.8. The molecule has 2 heterocycles. The molecule has 0 spiro atoms. The first-order chi connectivity index (χ1) is 18.6. The molecule has 0 aromatic heterocycles. The Morgan fingerprint density at radius 3 is 2.15 bits per heavy atom. The third-order valence-corrected chi connectivity index (χ3v) is 7.51. The number of hydrogen-bond donors (Lipinski definition) is 1. The highest BCUT2D eigenvalue weighted by atomic mass is 35.5. The number of ether oxygens (including phenoxy) is 2. The minimum Gasteiger partial charge on any atom is -0.466 e. The molecule has 3 atom stereocenters. The summed E-state index contributed by atoms with van der Waals surface area (Å²) in [6, 6.07) is 16.3. The van der Waals surface area contributed by atoms with Crippen LogP contribution in [0.2, 0.25) is 0 Å². The van der Waals surface area contributed by atoms with Gasteiger partial charge in [-0.25, -0.2) is 9.59 Å². The van der Waals surface area contributed by atoms with E-state index in [4.69, 9.17) is 9.47 Å². The molecule has 0 saturated carbocycles. The number of nitrogens with one attached hydrogen (secondary N) is 1. The highest BCUT2D eigenvalue weighted by Crippen LogP contribution is 2.41. The molecule has 0 radical (unpaired) electrons. The zero-order chi connectivity index (χ0) is 28.3. The average molecular weight is 570 g/mol. The molecule has 2 aliphatic heterocycles. The Morgan fingerprint density at radius 2 is 1.57 bits per heavy atom. The lowest BCUT2D eigenvalue weighted by molar-refractivity contribution is -0.384. The van der Waals surface area contributed by atoms with Gasteiger partial charge in [0.25, 0.3) is 5.69 Å². The van der Waals surface area contributed by atoms with Crippen molar-refractivity contribution >= 4 is 30.0 Å². The standard InChI is InChI=1S/C30H35N3O6.ClH/c1-18-15-32(17-22-10-7-6-8-11-22)16-19(2)28(18)39-30(35)26-21(4)31-20(3)25(29(34)38-5)27(26)23-12-9-13-24(14-23)33(36)37;/h6-14,18-19,27-28,31H,15-17H2,1-5H3;1H. The summed E-state index contributed by atoms with van der Waals surface area (Å²) in [5.41, 5.74) is 3.05. The number of allylic oxidation sites excluding steroid dienone is 2. The number of esters is 2. The molecule has 0 aliphatic carbocycles. The number of nitrogens with zero attached hydrogens (tertiary/aromatic N) is 2. The Labute approximate surface area is 240 Å². The topological polar surface area (TPSA) is 111 Å². The Morgan fingerprint density at radius 1 is 0.975 bits per heavy atom. The Hall–Kier alpha value is -3.69. The third-order valence-electron chi connectivity index (χ3n) is 7.51. The van der Waals surface area contributed by atoms with Crippen molar-refractivity contribution in [1.82, 2.24) is 10.2 Å². The van der Waals surface area contributed by atoms with Crippen LogP contribution < -0.4 is 5.32 Å². The van der Waals surface area contributed by atoms with Crippen LogP contribution in [0, 0.1) is 22.0 Å². The van der Waals surface area contributed by atoms with Crippen molar-refractivity contribution in [2.75, 3.05) is 20.2 Å². The number of carbonyl (C=O) groups excluding carboxylic acids is 2. The SMILES string of the molecule is COC(=O)C1=C(C)NC(C)=C(C(=O)OC2C(C)CN(Cc3ccccc3)CC2C)C1c1cccc([N+](=O)[O-])c1.Cl. The van der Waals surface area contributed by atoms with Crippen molar-refractivity contribution in [2.45, 2.75) is 46.3 Å². The van der Waals surface area contributed by atoms with Gasteiger partial charge in [0.2, 0.25) is 0 Å². The second-order valence-corrected chi connectivity index (χ2v) is 10.5. The highest BCUT2D eigenvalue weighted by molar-refractivity contribution is 6.00. The number of non-ortho nitro benzene ring substituents is 1. The fraction of sp³-hybridized carbons (Fsp3) is 0.400. The second kappa shape index (κ2) is 13.1. The maximum Gasteiger partial charge on any atom is 0.337 e. The van der Waals surface area contributed by atoms with Gasteiger partial charge < -0.3 is 14.8 Å². The summed E-state index contributed by atoms with van der Waals surface area (Å²) in [5, 5.41) is 14.6. The van der Waals surface area contributed by atoms with Crippen LogP contribution in [0.3, 0.4) is 0 Å². The van der Waals surface area contributed by atoms with Crippen LogP contribution in [0.15, 0.2) is 77.1 Å². The van der Waals surface area contributed by atoms with Gasteiger partial charge in [-0.1, -0.05) is 56.3 Å². The van der Waals surface area contributed by atoms with E-state index in [-0.39, 0.29) is 47.2 Å². The van der Waals surface area contributed by atoms with Crippen molar-refractivity contribution in [2.24, 2.45) is 11.8 Å². The summed E-state index contributed by atoms with van der Waals surface area (Å²) < 4.78 is 11.2. The molecule has 4 rings (SSSR count). The molecular formula is C30H36ClN3O6. The van der Waals surface area contributed by atoms with Gasteiger partial charge >= 0.3 is 11.9 Å². The van der Waals surface area contributed by atoms with Gasteiger partial charge in [-0.2, -0.15) is 0 Å². The maximum atomic E-state index is 13.9. The van der Waals surface area contributed by atoms with Gasteiger partial charge in [-0.15, -0.1) is 12.4 Å². The Bertz CT molecular complexity index is 1310. The largest absolute Gasteiger partial charge is 0.466 e. The molecule has 40 heavy (non-hydrogen) atoms. The van der Waals surface area contributed by atoms with E-state index < -0.39 is 22.8 Å². The van der Waals surface area contributed by atoms with E-state index in [1.807, 2.05) is 18.2 Å². The van der Waals surface area contributed by atoms with E-state index in [9.17, 15) is 19.7 Å². The first-order valence-electron chi connectivity index (χ1n) is 13.1. The summed E-state index contributed by atoms with van der Waals surface area (Å²) in [6.45, 7) is 9.98. The zero-order valence-electron chi connectivity index (χ0n) is 23.4. The molecule has 214 valence electrons. The van der Waals surface area contributed by atoms with E-state index in [1.165, 1.54) is 24.8 Å². The Balaban J connectivity index is 0.00000441. The molecule has 10 heteroatoms. The van der Waals surface area contributed by atoms with Crippen LogP contribution in [0.25, 0.3) is 0 Å². The third kappa shape index (κ3) is 6.54. The molecule has 0 amide bonds. The van der Waals surface area contributed by atoms with Crippen molar-refractivity contribution in [3.63, 3.8) is 0 Å². The van der Waals surface area contributed by atoms with E-state index in [0.29, 0.717) is 17.0 Å². The summed E-state index contributed by atoms with van der Waals surface area (Å²) in [5.74, 6) is -1.90. The van der Waals surface area contributed by atoms with Gasteiger partial charge in [0.05, 0.1) is 29.1 Å². The predicted molar refractivity (Wildman–Crippen MR) is 154 cm³/mol. The molecule has 9 nitrogen and oxygen atoms in total. The summed E-state index contributed by atoms with van der Waals surface area (Å²) in [6.07, 6.45) is -0.329. The molecule has 0 bridgehead atoms. The first-order valence-corrected chi connectivity index (χ1v) is 13.1. The van der Waals surface area contributed by atoms with Gasteiger partial charge in [-0.3, -0.25) is 15.0 Å². The fourth-order valence-corrected chi connectivity index (χ4v) is 5.84. The monoisotopic (exact) mass is 569 g/mol. The van der Waals surface area contributed by atoms with Gasteiger partial charge in [0.1, 0.15) is 6.10 Å². The number of nitro benzene ring substituents is 1. The molecule has 2 aromatic carbocycles. The smallest absolute Gasteiger partial charge is 0.337 e. The summed E-state index contributed by atoms with van der Waals surface area (Å²) >= 11 is 0. The van der Waals surface area contributed by atoms with E-state index >= 15 is 0 Å². The number of carbonyl (C=O) groups is 2. The van der Waals surface area contributed by atoms with Crippen molar-refractivity contribution in [1.29, 1.82) is 0 Å². The number of rotatable bonds is 7. The number of methoxy groups -OCH3 is 1. The van der Waals surface area contributed by atoms with Crippen LogP contribution in [-0.4, -0.2) is 48.1 Å². The summed E-state index contributed by atoms with van der Waals surface area (Å²) in [4.78, 5) is 40.1.